The average molecular weight is 458 g/mol. The van der Waals surface area contributed by atoms with Crippen molar-refractivity contribution in [2.75, 3.05) is 51.8 Å². The van der Waals surface area contributed by atoms with Gasteiger partial charge in [0.15, 0.2) is 6.61 Å². The average Bonchev–Trinajstić information content (AvgIpc) is 3.23. The van der Waals surface area contributed by atoms with Crippen LogP contribution in [0.5, 0.6) is 23.0 Å². The van der Waals surface area contributed by atoms with Gasteiger partial charge < -0.3 is 33.9 Å². The van der Waals surface area contributed by atoms with Crippen LogP contribution in [0.25, 0.3) is 0 Å². The van der Waals surface area contributed by atoms with Crippen LogP contribution in [0.1, 0.15) is 6.42 Å². The third-order valence-electron chi connectivity index (χ3n) is 5.16. The Bertz CT molecular complexity index is 1040. The Balaban J connectivity index is 1.60. The predicted molar refractivity (Wildman–Crippen MR) is 119 cm³/mol. The molecule has 33 heavy (non-hydrogen) atoms. The van der Waals surface area contributed by atoms with Gasteiger partial charge in [-0.05, 0) is 24.3 Å². The van der Waals surface area contributed by atoms with E-state index < -0.39 is 24.4 Å². The molecule has 1 fully saturated rings. The summed E-state index contributed by atoms with van der Waals surface area (Å²) in [5.74, 6) is -0.140. The fraction of sp³-hybridized carbons (Fsp3) is 0.348. The van der Waals surface area contributed by atoms with Gasteiger partial charge in [-0.3, -0.25) is 14.4 Å². The maximum atomic E-state index is 12.6. The molecule has 1 aliphatic rings. The molecule has 0 aromatic heterocycles. The standard InChI is InChI=1S/C23H26N2O8/c1-29-15-6-8-19(31-3)18(10-15)25-12-14(9-22(25)27)23(28)33-13-21(26)24-17-7-5-16(30-2)11-20(17)32-4/h5-8,10-11,14H,9,12-13H2,1-4H3,(H,24,26)/t14-/m0/s1. The molecular weight excluding hydrogens is 432 g/mol. The molecule has 0 radical (unpaired) electrons. The Labute approximate surface area is 191 Å². The van der Waals surface area contributed by atoms with Gasteiger partial charge in [-0.1, -0.05) is 0 Å². The number of nitrogens with zero attached hydrogens (tertiary/aromatic N) is 1. The third kappa shape index (κ3) is 5.46. The van der Waals surface area contributed by atoms with E-state index in [2.05, 4.69) is 5.32 Å². The molecule has 2 aromatic rings. The number of rotatable bonds is 9. The quantitative estimate of drug-likeness (QED) is 0.570. The van der Waals surface area contributed by atoms with E-state index in [0.717, 1.165) is 0 Å². The van der Waals surface area contributed by atoms with E-state index in [0.29, 0.717) is 34.4 Å². The number of methoxy groups -OCH3 is 4. The van der Waals surface area contributed by atoms with E-state index >= 15 is 0 Å². The van der Waals surface area contributed by atoms with Crippen molar-refractivity contribution in [2.24, 2.45) is 5.92 Å². The van der Waals surface area contributed by atoms with Crippen molar-refractivity contribution < 1.29 is 38.1 Å². The first-order chi connectivity index (χ1) is 15.9. The Morgan fingerprint density at radius 2 is 1.61 bits per heavy atom. The second-order valence-electron chi connectivity index (χ2n) is 7.17. The van der Waals surface area contributed by atoms with E-state index in [1.54, 1.807) is 36.4 Å². The lowest BCUT2D eigenvalue weighted by atomic mass is 10.1. The zero-order chi connectivity index (χ0) is 24.0. The highest BCUT2D eigenvalue weighted by molar-refractivity contribution is 6.01. The second-order valence-corrected chi connectivity index (χ2v) is 7.17. The zero-order valence-electron chi connectivity index (χ0n) is 18.9. The number of hydrogen-bond donors (Lipinski definition) is 1. The predicted octanol–water partition coefficient (Wildman–Crippen LogP) is 2.26. The van der Waals surface area contributed by atoms with E-state index in [4.69, 9.17) is 23.7 Å². The topological polar surface area (TPSA) is 113 Å². The Hall–Kier alpha value is -3.95. The maximum absolute atomic E-state index is 12.6. The summed E-state index contributed by atoms with van der Waals surface area (Å²) in [6.45, 7) is -0.393. The van der Waals surface area contributed by atoms with Gasteiger partial charge >= 0.3 is 5.97 Å². The highest BCUT2D eigenvalue weighted by atomic mass is 16.5. The Kier molecular flexibility index (Phi) is 7.60. The molecule has 10 nitrogen and oxygen atoms in total. The maximum Gasteiger partial charge on any atom is 0.311 e. The molecule has 1 atom stereocenters. The third-order valence-corrected chi connectivity index (χ3v) is 5.16. The number of hydrogen-bond acceptors (Lipinski definition) is 8. The van der Waals surface area contributed by atoms with Gasteiger partial charge in [0.05, 0.1) is 45.7 Å². The largest absolute Gasteiger partial charge is 0.497 e. The van der Waals surface area contributed by atoms with E-state index in [-0.39, 0.29) is 18.9 Å². The van der Waals surface area contributed by atoms with Crippen LogP contribution in [0.2, 0.25) is 0 Å². The van der Waals surface area contributed by atoms with Crippen molar-refractivity contribution in [2.45, 2.75) is 6.42 Å². The first-order valence-electron chi connectivity index (χ1n) is 10.1. The van der Waals surface area contributed by atoms with Crippen molar-refractivity contribution in [3.63, 3.8) is 0 Å². The molecule has 0 unspecified atom stereocenters. The molecule has 0 saturated carbocycles. The zero-order valence-corrected chi connectivity index (χ0v) is 18.9. The minimum atomic E-state index is -0.711. The van der Waals surface area contributed by atoms with Crippen molar-refractivity contribution in [1.29, 1.82) is 0 Å². The molecule has 2 aromatic carbocycles. The Morgan fingerprint density at radius 1 is 0.939 bits per heavy atom. The van der Waals surface area contributed by atoms with E-state index in [1.807, 2.05) is 0 Å². The van der Waals surface area contributed by atoms with Crippen molar-refractivity contribution in [3.05, 3.63) is 36.4 Å². The van der Waals surface area contributed by atoms with Gasteiger partial charge in [0.25, 0.3) is 5.91 Å². The number of benzene rings is 2. The number of carbonyl (C=O) groups is 3. The molecule has 1 heterocycles. The normalized spacial score (nSPS) is 15.1. The van der Waals surface area contributed by atoms with Crippen molar-refractivity contribution in [1.82, 2.24) is 0 Å². The summed E-state index contributed by atoms with van der Waals surface area (Å²) in [7, 11) is 5.99. The van der Waals surface area contributed by atoms with Crippen LogP contribution in [-0.2, 0) is 19.1 Å². The fourth-order valence-corrected chi connectivity index (χ4v) is 3.45. The summed E-state index contributed by atoms with van der Waals surface area (Å²) in [5.41, 5.74) is 0.910. The molecule has 3 rings (SSSR count). The molecule has 2 amide bonds. The summed E-state index contributed by atoms with van der Waals surface area (Å²) in [5, 5.41) is 2.63. The molecule has 0 bridgehead atoms. The fourth-order valence-electron chi connectivity index (χ4n) is 3.45. The number of anilines is 2. The number of amides is 2. The molecular formula is C23H26N2O8. The minimum absolute atomic E-state index is 0.0346. The molecule has 176 valence electrons. The van der Waals surface area contributed by atoms with Crippen LogP contribution in [0, 0.1) is 5.92 Å². The molecule has 1 saturated heterocycles. The van der Waals surface area contributed by atoms with E-state index in [1.165, 1.54) is 33.3 Å². The van der Waals surface area contributed by atoms with Crippen LogP contribution < -0.4 is 29.2 Å². The van der Waals surface area contributed by atoms with Crippen molar-refractivity contribution >= 4 is 29.2 Å². The minimum Gasteiger partial charge on any atom is -0.497 e. The highest BCUT2D eigenvalue weighted by Crippen LogP contribution is 2.36. The molecule has 0 spiro atoms. The first kappa shape index (κ1) is 23.7. The summed E-state index contributed by atoms with van der Waals surface area (Å²) in [6, 6.07) is 9.96. The van der Waals surface area contributed by atoms with Gasteiger partial charge in [0.2, 0.25) is 5.91 Å². The summed E-state index contributed by atoms with van der Waals surface area (Å²) in [4.78, 5) is 38.8. The lowest BCUT2D eigenvalue weighted by Gasteiger charge is -2.20. The van der Waals surface area contributed by atoms with Gasteiger partial charge in [-0.2, -0.15) is 0 Å². The van der Waals surface area contributed by atoms with Crippen LogP contribution in [0.3, 0.4) is 0 Å². The lowest BCUT2D eigenvalue weighted by Crippen LogP contribution is -2.28. The number of carbonyl (C=O) groups excluding carboxylic acids is 3. The molecule has 1 N–H and O–H groups in total. The monoisotopic (exact) mass is 458 g/mol. The van der Waals surface area contributed by atoms with E-state index in [9.17, 15) is 14.4 Å². The molecule has 0 aliphatic carbocycles. The van der Waals surface area contributed by atoms with Crippen LogP contribution >= 0.6 is 0 Å². The van der Waals surface area contributed by atoms with Gasteiger partial charge in [-0.15, -0.1) is 0 Å². The number of ether oxygens (including phenoxy) is 5. The lowest BCUT2D eigenvalue weighted by molar-refractivity contribution is -0.151. The summed E-state index contributed by atoms with van der Waals surface area (Å²) >= 11 is 0. The van der Waals surface area contributed by atoms with Crippen molar-refractivity contribution in [3.8, 4) is 23.0 Å². The van der Waals surface area contributed by atoms with Gasteiger partial charge in [-0.25, -0.2) is 0 Å². The number of esters is 1. The SMILES string of the molecule is COc1ccc(NC(=O)COC(=O)[C@H]2CC(=O)N(c3cc(OC)ccc3OC)C2)c(OC)c1. The molecule has 1 aliphatic heterocycles. The Morgan fingerprint density at radius 3 is 2.27 bits per heavy atom. The van der Waals surface area contributed by atoms with Crippen LogP contribution in [0.4, 0.5) is 11.4 Å². The summed E-state index contributed by atoms with van der Waals surface area (Å²) < 4.78 is 26.1. The van der Waals surface area contributed by atoms with Crippen LogP contribution in [0.15, 0.2) is 36.4 Å². The number of nitrogens with one attached hydrogen (secondary N) is 1. The van der Waals surface area contributed by atoms with Gasteiger partial charge in [0.1, 0.15) is 23.0 Å². The first-order valence-corrected chi connectivity index (χ1v) is 10.1. The second kappa shape index (κ2) is 10.6. The smallest absolute Gasteiger partial charge is 0.311 e. The summed E-state index contributed by atoms with van der Waals surface area (Å²) in [6.07, 6.45) is -0.0346. The molecule has 10 heteroatoms. The highest BCUT2D eigenvalue weighted by Gasteiger charge is 2.37. The van der Waals surface area contributed by atoms with Crippen LogP contribution in [-0.4, -0.2) is 59.4 Å². The van der Waals surface area contributed by atoms with Gasteiger partial charge in [0, 0.05) is 25.1 Å².